The third kappa shape index (κ3) is 3.48. The number of carbonyl (C=O) groups is 1. The molecule has 2 saturated heterocycles. The van der Waals surface area contributed by atoms with Gasteiger partial charge >= 0.3 is 6.03 Å². The van der Waals surface area contributed by atoms with Crippen molar-refractivity contribution in [1.82, 2.24) is 9.80 Å². The first kappa shape index (κ1) is 18.5. The number of benzene rings is 2. The molecule has 0 aromatic heterocycles. The Labute approximate surface area is 172 Å². The number of piperidine rings is 2. The van der Waals surface area contributed by atoms with E-state index >= 15 is 0 Å². The highest BCUT2D eigenvalue weighted by atomic mass is 16.5. The van der Waals surface area contributed by atoms with Crippen LogP contribution in [0.5, 0.6) is 5.75 Å². The predicted molar refractivity (Wildman–Crippen MR) is 114 cm³/mol. The van der Waals surface area contributed by atoms with Crippen molar-refractivity contribution in [2.75, 3.05) is 32.1 Å². The number of fused-ring (bicyclic) bond motifs is 4. The Morgan fingerprint density at radius 3 is 2.83 bits per heavy atom. The topological polar surface area (TPSA) is 44.8 Å². The van der Waals surface area contributed by atoms with Crippen LogP contribution in [0.2, 0.25) is 0 Å². The summed E-state index contributed by atoms with van der Waals surface area (Å²) in [6.45, 7) is 3.04. The average molecular weight is 392 g/mol. The van der Waals surface area contributed by atoms with Gasteiger partial charge in [-0.1, -0.05) is 24.3 Å². The number of ether oxygens (including phenoxy) is 1. The summed E-state index contributed by atoms with van der Waals surface area (Å²) in [6.07, 6.45) is 4.42. The molecule has 0 bridgehead atoms. The molecule has 5 heteroatoms. The van der Waals surface area contributed by atoms with Crippen LogP contribution in [0.3, 0.4) is 0 Å². The molecule has 152 valence electrons. The first-order valence-electron chi connectivity index (χ1n) is 10.8. The van der Waals surface area contributed by atoms with E-state index in [2.05, 4.69) is 33.3 Å². The number of methoxy groups -OCH3 is 1. The molecular weight excluding hydrogens is 362 g/mol. The van der Waals surface area contributed by atoms with Gasteiger partial charge in [-0.15, -0.1) is 0 Å². The number of likely N-dealkylation sites (tertiary alicyclic amines) is 1. The van der Waals surface area contributed by atoms with Crippen LogP contribution in [0.4, 0.5) is 10.5 Å². The van der Waals surface area contributed by atoms with Crippen molar-refractivity contribution in [1.29, 1.82) is 0 Å². The van der Waals surface area contributed by atoms with E-state index in [1.54, 1.807) is 7.11 Å². The van der Waals surface area contributed by atoms with E-state index in [-0.39, 0.29) is 6.03 Å². The van der Waals surface area contributed by atoms with Crippen molar-refractivity contribution in [3.05, 3.63) is 59.7 Å². The van der Waals surface area contributed by atoms with E-state index in [4.69, 9.17) is 4.74 Å². The molecule has 2 fully saturated rings. The van der Waals surface area contributed by atoms with Crippen molar-refractivity contribution in [3.63, 3.8) is 0 Å². The molecule has 3 aliphatic heterocycles. The second kappa shape index (κ2) is 7.71. The van der Waals surface area contributed by atoms with E-state index in [1.807, 2.05) is 30.3 Å². The lowest BCUT2D eigenvalue weighted by Crippen LogP contribution is -2.58. The summed E-state index contributed by atoms with van der Waals surface area (Å²) in [6, 6.07) is 17.1. The maximum atomic E-state index is 13.1. The number of hydrogen-bond acceptors (Lipinski definition) is 3. The molecule has 0 aliphatic carbocycles. The first-order chi connectivity index (χ1) is 14.2. The second-order valence-electron chi connectivity index (χ2n) is 8.52. The largest absolute Gasteiger partial charge is 0.497 e. The molecule has 29 heavy (non-hydrogen) atoms. The van der Waals surface area contributed by atoms with Gasteiger partial charge in [0.05, 0.1) is 7.11 Å². The number of rotatable bonds is 2. The van der Waals surface area contributed by atoms with Gasteiger partial charge in [0, 0.05) is 37.4 Å². The number of amides is 2. The Kier molecular flexibility index (Phi) is 4.92. The summed E-state index contributed by atoms with van der Waals surface area (Å²) in [5.41, 5.74) is 3.69. The van der Waals surface area contributed by atoms with E-state index < -0.39 is 0 Å². The molecule has 0 saturated carbocycles. The Hall–Kier alpha value is -2.53. The van der Waals surface area contributed by atoms with Gasteiger partial charge in [0.15, 0.2) is 0 Å². The number of urea groups is 1. The van der Waals surface area contributed by atoms with Gasteiger partial charge in [-0.2, -0.15) is 0 Å². The van der Waals surface area contributed by atoms with Crippen LogP contribution < -0.4 is 10.1 Å². The standard InChI is InChI=1S/C24H29N3O2/c1-29-20-9-10-21-17(14-20)11-13-26-16-18-6-5-12-27(22(18)15-23(21)26)24(28)25-19-7-3-2-4-8-19/h2-4,7-10,14,18,22-23H,5-6,11-13,15-16H2,1H3,(H,25,28). The third-order valence-corrected chi connectivity index (χ3v) is 6.96. The zero-order valence-corrected chi connectivity index (χ0v) is 17.0. The molecule has 3 aliphatic rings. The van der Waals surface area contributed by atoms with Gasteiger partial charge in [-0.25, -0.2) is 4.79 Å². The van der Waals surface area contributed by atoms with Crippen LogP contribution in [-0.4, -0.2) is 48.6 Å². The molecule has 3 atom stereocenters. The highest BCUT2D eigenvalue weighted by Crippen LogP contribution is 2.43. The summed E-state index contributed by atoms with van der Waals surface area (Å²) in [4.78, 5) is 17.9. The third-order valence-electron chi connectivity index (χ3n) is 6.96. The van der Waals surface area contributed by atoms with Crippen molar-refractivity contribution >= 4 is 11.7 Å². The van der Waals surface area contributed by atoms with Crippen LogP contribution in [0.15, 0.2) is 48.5 Å². The van der Waals surface area contributed by atoms with Crippen molar-refractivity contribution in [2.24, 2.45) is 5.92 Å². The highest BCUT2D eigenvalue weighted by molar-refractivity contribution is 5.89. The van der Waals surface area contributed by atoms with Gasteiger partial charge in [0.25, 0.3) is 0 Å². The summed E-state index contributed by atoms with van der Waals surface area (Å²) in [5.74, 6) is 1.51. The maximum Gasteiger partial charge on any atom is 0.322 e. The lowest BCUT2D eigenvalue weighted by atomic mass is 9.76. The predicted octanol–water partition coefficient (Wildman–Crippen LogP) is 4.31. The molecular formula is C24H29N3O2. The quantitative estimate of drug-likeness (QED) is 0.830. The molecule has 2 aromatic carbocycles. The number of anilines is 1. The SMILES string of the molecule is COc1ccc2c(c1)CCN1CC3CCCN(C(=O)Nc4ccccc4)C3CC21. The lowest BCUT2D eigenvalue weighted by molar-refractivity contribution is 0.00824. The van der Waals surface area contributed by atoms with Gasteiger partial charge in [-0.05, 0) is 67.0 Å². The minimum atomic E-state index is 0.0464. The number of hydrogen-bond donors (Lipinski definition) is 1. The van der Waals surface area contributed by atoms with Gasteiger partial charge in [0.2, 0.25) is 0 Å². The molecule has 2 amide bonds. The maximum absolute atomic E-state index is 13.1. The van der Waals surface area contributed by atoms with Crippen LogP contribution in [-0.2, 0) is 6.42 Å². The fourth-order valence-electron chi connectivity index (χ4n) is 5.53. The fourth-order valence-corrected chi connectivity index (χ4v) is 5.53. The van der Waals surface area contributed by atoms with Crippen LogP contribution in [0.1, 0.15) is 36.4 Å². The summed E-state index contributed by atoms with van der Waals surface area (Å²) >= 11 is 0. The molecule has 0 radical (unpaired) electrons. The molecule has 3 unspecified atom stereocenters. The number of carbonyl (C=O) groups excluding carboxylic acids is 1. The van der Waals surface area contributed by atoms with Gasteiger partial charge < -0.3 is 15.0 Å². The normalized spacial score (nSPS) is 26.1. The molecule has 2 aromatic rings. The molecule has 1 N–H and O–H groups in total. The van der Waals surface area contributed by atoms with Crippen LogP contribution >= 0.6 is 0 Å². The smallest absolute Gasteiger partial charge is 0.322 e. The van der Waals surface area contributed by atoms with E-state index in [0.717, 1.165) is 50.3 Å². The van der Waals surface area contributed by atoms with Gasteiger partial charge in [0.1, 0.15) is 5.75 Å². The molecule has 0 spiro atoms. The number of para-hydroxylation sites is 1. The highest BCUT2D eigenvalue weighted by Gasteiger charge is 2.44. The second-order valence-corrected chi connectivity index (χ2v) is 8.52. The van der Waals surface area contributed by atoms with Crippen molar-refractivity contribution in [2.45, 2.75) is 37.8 Å². The van der Waals surface area contributed by atoms with E-state index in [0.29, 0.717) is 18.0 Å². The first-order valence-corrected chi connectivity index (χ1v) is 10.8. The Bertz CT molecular complexity index is 885. The Morgan fingerprint density at radius 2 is 2.00 bits per heavy atom. The number of nitrogens with one attached hydrogen (secondary N) is 1. The lowest BCUT2D eigenvalue weighted by Gasteiger charge is -2.52. The molecule has 5 rings (SSSR count). The molecule has 3 heterocycles. The number of nitrogens with zero attached hydrogens (tertiary/aromatic N) is 2. The molecule has 5 nitrogen and oxygen atoms in total. The Balaban J connectivity index is 1.38. The van der Waals surface area contributed by atoms with Crippen LogP contribution in [0, 0.1) is 5.92 Å². The zero-order chi connectivity index (χ0) is 19.8. The van der Waals surface area contributed by atoms with E-state index in [1.165, 1.54) is 17.5 Å². The van der Waals surface area contributed by atoms with Crippen molar-refractivity contribution in [3.8, 4) is 5.75 Å². The average Bonchev–Trinajstić information content (AvgIpc) is 2.77. The summed E-state index contributed by atoms with van der Waals surface area (Å²) < 4.78 is 5.43. The monoisotopic (exact) mass is 391 g/mol. The Morgan fingerprint density at radius 1 is 1.14 bits per heavy atom. The minimum Gasteiger partial charge on any atom is -0.497 e. The van der Waals surface area contributed by atoms with E-state index in [9.17, 15) is 4.79 Å². The summed E-state index contributed by atoms with van der Waals surface area (Å²) in [7, 11) is 1.73. The van der Waals surface area contributed by atoms with Gasteiger partial charge in [-0.3, -0.25) is 4.90 Å². The van der Waals surface area contributed by atoms with Crippen molar-refractivity contribution < 1.29 is 9.53 Å². The summed E-state index contributed by atoms with van der Waals surface area (Å²) in [5, 5.41) is 3.11. The zero-order valence-electron chi connectivity index (χ0n) is 17.0. The van der Waals surface area contributed by atoms with Crippen LogP contribution in [0.25, 0.3) is 0 Å². The fraction of sp³-hybridized carbons (Fsp3) is 0.458. The minimum absolute atomic E-state index is 0.0464.